The molecule has 4 rings (SSSR count). The number of hydrogen-bond donors (Lipinski definition) is 2. The Kier molecular flexibility index (Phi) is 5.19. The molecule has 3 aromatic rings. The number of fused-ring (bicyclic) bond motifs is 1. The zero-order valence-corrected chi connectivity index (χ0v) is 15.6. The van der Waals surface area contributed by atoms with Crippen LogP contribution < -0.4 is 16.0 Å². The van der Waals surface area contributed by atoms with Crippen LogP contribution in [0.3, 0.4) is 0 Å². The van der Waals surface area contributed by atoms with Gasteiger partial charge in [-0.3, -0.25) is 4.79 Å². The Morgan fingerprint density at radius 3 is 2.75 bits per heavy atom. The Hall–Kier alpha value is -3.41. The van der Waals surface area contributed by atoms with Gasteiger partial charge in [-0.15, -0.1) is 0 Å². The van der Waals surface area contributed by atoms with Crippen LogP contribution in [0.15, 0.2) is 60.8 Å². The van der Waals surface area contributed by atoms with Crippen LogP contribution >= 0.6 is 0 Å². The first-order valence-corrected chi connectivity index (χ1v) is 9.51. The summed E-state index contributed by atoms with van der Waals surface area (Å²) in [5.74, 6) is -0.0243. The lowest BCUT2D eigenvalue weighted by Gasteiger charge is -2.19. The SMILES string of the molecule is Nc1ncc(C(=O)NCCCN2CCc3ccccc32)c(-c2ccccc2)n1. The van der Waals surface area contributed by atoms with Gasteiger partial charge in [0.15, 0.2) is 0 Å². The van der Waals surface area contributed by atoms with Crippen LogP contribution in [0.5, 0.6) is 0 Å². The van der Waals surface area contributed by atoms with Gasteiger partial charge in [0, 0.05) is 37.1 Å². The molecule has 1 aliphatic heterocycles. The molecule has 0 atom stereocenters. The van der Waals surface area contributed by atoms with E-state index < -0.39 is 0 Å². The number of nitrogens with one attached hydrogen (secondary N) is 1. The minimum absolute atomic E-state index is 0.156. The lowest BCUT2D eigenvalue weighted by Crippen LogP contribution is -2.29. The quantitative estimate of drug-likeness (QED) is 0.649. The molecule has 0 spiro atoms. The molecule has 0 fully saturated rings. The van der Waals surface area contributed by atoms with E-state index in [1.54, 1.807) is 0 Å². The molecule has 2 heterocycles. The normalized spacial score (nSPS) is 12.6. The van der Waals surface area contributed by atoms with E-state index in [4.69, 9.17) is 5.73 Å². The molecule has 0 saturated carbocycles. The van der Waals surface area contributed by atoms with E-state index in [2.05, 4.69) is 44.5 Å². The molecule has 142 valence electrons. The summed E-state index contributed by atoms with van der Waals surface area (Å²) in [5.41, 5.74) is 10.3. The van der Waals surface area contributed by atoms with Gasteiger partial charge in [-0.25, -0.2) is 9.97 Å². The summed E-state index contributed by atoms with van der Waals surface area (Å²) >= 11 is 0. The molecule has 1 amide bonds. The number of amides is 1. The van der Waals surface area contributed by atoms with Crippen molar-refractivity contribution in [2.45, 2.75) is 12.8 Å². The van der Waals surface area contributed by atoms with E-state index >= 15 is 0 Å². The third-order valence-electron chi connectivity index (χ3n) is 4.97. The molecule has 0 saturated heterocycles. The van der Waals surface area contributed by atoms with E-state index in [9.17, 15) is 4.79 Å². The molecule has 6 nitrogen and oxygen atoms in total. The number of carbonyl (C=O) groups is 1. The molecule has 0 aliphatic carbocycles. The fraction of sp³-hybridized carbons (Fsp3) is 0.227. The van der Waals surface area contributed by atoms with Gasteiger partial charge in [-0.2, -0.15) is 0 Å². The van der Waals surface area contributed by atoms with Gasteiger partial charge in [0.2, 0.25) is 5.95 Å². The molecule has 0 unspecified atom stereocenters. The summed E-state index contributed by atoms with van der Waals surface area (Å²) in [7, 11) is 0. The van der Waals surface area contributed by atoms with Gasteiger partial charge in [-0.05, 0) is 24.5 Å². The number of anilines is 2. The van der Waals surface area contributed by atoms with Crippen molar-refractivity contribution in [1.82, 2.24) is 15.3 Å². The maximum Gasteiger partial charge on any atom is 0.255 e. The number of hydrogen-bond acceptors (Lipinski definition) is 5. The van der Waals surface area contributed by atoms with Crippen molar-refractivity contribution < 1.29 is 4.79 Å². The first kappa shape index (κ1) is 18.0. The van der Waals surface area contributed by atoms with Crippen LogP contribution in [-0.2, 0) is 6.42 Å². The highest BCUT2D eigenvalue weighted by atomic mass is 16.1. The number of para-hydroxylation sites is 1. The third kappa shape index (κ3) is 3.81. The Labute approximate surface area is 164 Å². The summed E-state index contributed by atoms with van der Waals surface area (Å²) < 4.78 is 0. The number of carbonyl (C=O) groups excluding carboxylic acids is 1. The van der Waals surface area contributed by atoms with Crippen molar-refractivity contribution in [3.8, 4) is 11.3 Å². The highest BCUT2D eigenvalue weighted by Crippen LogP contribution is 2.27. The monoisotopic (exact) mass is 373 g/mol. The predicted molar refractivity (Wildman–Crippen MR) is 111 cm³/mol. The molecule has 3 N–H and O–H groups in total. The van der Waals surface area contributed by atoms with Crippen molar-refractivity contribution in [3.05, 3.63) is 71.9 Å². The third-order valence-corrected chi connectivity index (χ3v) is 4.97. The van der Waals surface area contributed by atoms with E-state index in [1.165, 1.54) is 17.4 Å². The first-order chi connectivity index (χ1) is 13.7. The Balaban J connectivity index is 1.37. The topological polar surface area (TPSA) is 84.1 Å². The highest BCUT2D eigenvalue weighted by Gasteiger charge is 2.18. The number of nitrogens with two attached hydrogens (primary N) is 1. The fourth-order valence-electron chi connectivity index (χ4n) is 3.58. The molecule has 2 aromatic carbocycles. The fourth-order valence-corrected chi connectivity index (χ4v) is 3.58. The van der Waals surface area contributed by atoms with Crippen LogP contribution in [0.25, 0.3) is 11.3 Å². The molecular formula is C22H23N5O. The molecule has 6 heteroatoms. The second-order valence-corrected chi connectivity index (χ2v) is 6.83. The minimum atomic E-state index is -0.180. The molecule has 1 aromatic heterocycles. The largest absolute Gasteiger partial charge is 0.371 e. The van der Waals surface area contributed by atoms with Gasteiger partial charge in [0.1, 0.15) is 0 Å². The first-order valence-electron chi connectivity index (χ1n) is 9.51. The van der Waals surface area contributed by atoms with Gasteiger partial charge in [0.05, 0.1) is 11.3 Å². The summed E-state index contributed by atoms with van der Waals surface area (Å²) in [6.07, 6.45) is 3.46. The second kappa shape index (κ2) is 8.08. The zero-order chi connectivity index (χ0) is 19.3. The number of aromatic nitrogens is 2. The van der Waals surface area contributed by atoms with Crippen LogP contribution in [0.1, 0.15) is 22.3 Å². The smallest absolute Gasteiger partial charge is 0.255 e. The van der Waals surface area contributed by atoms with Crippen LogP contribution in [-0.4, -0.2) is 35.5 Å². The van der Waals surface area contributed by atoms with E-state index in [0.717, 1.165) is 31.5 Å². The minimum Gasteiger partial charge on any atom is -0.371 e. The van der Waals surface area contributed by atoms with Crippen LogP contribution in [0.2, 0.25) is 0 Å². The number of nitrogens with zero attached hydrogens (tertiary/aromatic N) is 3. The maximum absolute atomic E-state index is 12.7. The number of nitrogen functional groups attached to an aromatic ring is 1. The maximum atomic E-state index is 12.7. The predicted octanol–water partition coefficient (Wildman–Crippen LogP) is 2.91. The van der Waals surface area contributed by atoms with Crippen molar-refractivity contribution in [3.63, 3.8) is 0 Å². The molecular weight excluding hydrogens is 350 g/mol. The van der Waals surface area contributed by atoms with Crippen molar-refractivity contribution in [1.29, 1.82) is 0 Å². The molecule has 0 radical (unpaired) electrons. The lowest BCUT2D eigenvalue weighted by molar-refractivity contribution is 0.0953. The van der Waals surface area contributed by atoms with Crippen LogP contribution in [0, 0.1) is 0 Å². The van der Waals surface area contributed by atoms with Gasteiger partial charge in [0.25, 0.3) is 5.91 Å². The molecule has 0 bridgehead atoms. The second-order valence-electron chi connectivity index (χ2n) is 6.83. The van der Waals surface area contributed by atoms with Gasteiger partial charge < -0.3 is 16.0 Å². The van der Waals surface area contributed by atoms with Crippen LogP contribution in [0.4, 0.5) is 11.6 Å². The average Bonchev–Trinajstić information content (AvgIpc) is 3.15. The van der Waals surface area contributed by atoms with Crippen molar-refractivity contribution in [2.24, 2.45) is 0 Å². The van der Waals surface area contributed by atoms with Gasteiger partial charge >= 0.3 is 0 Å². The summed E-state index contributed by atoms with van der Waals surface area (Å²) in [6, 6.07) is 18.1. The Morgan fingerprint density at radius 1 is 1.11 bits per heavy atom. The van der Waals surface area contributed by atoms with Crippen molar-refractivity contribution >= 4 is 17.5 Å². The molecule has 28 heavy (non-hydrogen) atoms. The summed E-state index contributed by atoms with van der Waals surface area (Å²) in [4.78, 5) is 23.4. The number of benzene rings is 2. The Bertz CT molecular complexity index is 974. The van der Waals surface area contributed by atoms with E-state index in [0.29, 0.717) is 17.8 Å². The molecule has 1 aliphatic rings. The zero-order valence-electron chi connectivity index (χ0n) is 15.6. The highest BCUT2D eigenvalue weighted by molar-refractivity contribution is 5.99. The van der Waals surface area contributed by atoms with E-state index in [-0.39, 0.29) is 11.9 Å². The summed E-state index contributed by atoms with van der Waals surface area (Å²) in [5, 5.41) is 2.99. The van der Waals surface area contributed by atoms with Crippen molar-refractivity contribution in [2.75, 3.05) is 30.3 Å². The summed E-state index contributed by atoms with van der Waals surface area (Å²) in [6.45, 7) is 2.55. The van der Waals surface area contributed by atoms with E-state index in [1.807, 2.05) is 30.3 Å². The van der Waals surface area contributed by atoms with Gasteiger partial charge in [-0.1, -0.05) is 48.5 Å². The number of rotatable bonds is 6. The lowest BCUT2D eigenvalue weighted by atomic mass is 10.1. The Morgan fingerprint density at radius 2 is 1.89 bits per heavy atom. The average molecular weight is 373 g/mol. The standard InChI is InChI=1S/C22H23N5O/c23-22-25-15-18(20(26-22)17-8-2-1-3-9-17)21(28)24-12-6-13-27-14-11-16-7-4-5-10-19(16)27/h1-5,7-10,15H,6,11-14H2,(H,24,28)(H2,23,25,26).